The molecule has 10 aromatic carbocycles. The van der Waals surface area contributed by atoms with E-state index in [0.717, 1.165) is 44.6 Å². The van der Waals surface area contributed by atoms with Gasteiger partial charge in [0, 0.05) is 39.0 Å². The second-order valence-electron chi connectivity index (χ2n) is 14.1. The van der Waals surface area contributed by atoms with Crippen molar-refractivity contribution in [3.63, 3.8) is 0 Å². The summed E-state index contributed by atoms with van der Waals surface area (Å²) in [6, 6.07) is 72.2. The van der Waals surface area contributed by atoms with Crippen LogP contribution >= 0.6 is 0 Å². The molecule has 0 atom stereocenters. The van der Waals surface area contributed by atoms with Crippen LogP contribution in [0.2, 0.25) is 0 Å². The van der Waals surface area contributed by atoms with Crippen LogP contribution in [0.15, 0.2) is 205 Å². The molecule has 1 aromatic heterocycles. The molecule has 0 N–H and O–H groups in total. The molecular weight excluding hydrogens is 655 g/mol. The topological polar surface area (TPSA) is 16.4 Å². The Morgan fingerprint density at radius 1 is 0.315 bits per heavy atom. The lowest BCUT2D eigenvalue weighted by atomic mass is 9.84. The first-order valence-electron chi connectivity index (χ1n) is 18.5. The number of benzene rings is 10. The van der Waals surface area contributed by atoms with Crippen LogP contribution in [-0.4, -0.2) is 0 Å². The Morgan fingerprint density at radius 3 is 1.57 bits per heavy atom. The molecule has 252 valence electrons. The molecule has 0 spiro atoms. The molecule has 0 saturated heterocycles. The van der Waals surface area contributed by atoms with Gasteiger partial charge in [-0.25, -0.2) is 0 Å². The van der Waals surface area contributed by atoms with Crippen molar-refractivity contribution in [2.75, 3.05) is 4.90 Å². The molecule has 0 unspecified atom stereocenters. The summed E-state index contributed by atoms with van der Waals surface area (Å²) in [5.74, 6) is 0. The highest BCUT2D eigenvalue weighted by Gasteiger charge is 2.21. The predicted octanol–water partition coefficient (Wildman–Crippen LogP) is 15.0. The highest BCUT2D eigenvalue weighted by molar-refractivity contribution is 6.26. The molecule has 1 heterocycles. The molecule has 0 aliphatic heterocycles. The molecular formula is C52H33NO. The van der Waals surface area contributed by atoms with Crippen molar-refractivity contribution in [1.82, 2.24) is 0 Å². The number of anilines is 3. The molecule has 11 rings (SSSR count). The summed E-state index contributed by atoms with van der Waals surface area (Å²) < 4.78 is 6.67. The molecule has 0 aliphatic carbocycles. The zero-order chi connectivity index (χ0) is 35.6. The molecule has 11 aromatic rings. The fraction of sp³-hybridized carbons (Fsp3) is 0. The third kappa shape index (κ3) is 4.81. The van der Waals surface area contributed by atoms with E-state index in [9.17, 15) is 0 Å². The quantitative estimate of drug-likeness (QED) is 0.168. The molecule has 0 aliphatic rings. The van der Waals surface area contributed by atoms with Gasteiger partial charge >= 0.3 is 0 Å². The van der Waals surface area contributed by atoms with Crippen molar-refractivity contribution < 1.29 is 4.42 Å². The van der Waals surface area contributed by atoms with Gasteiger partial charge in [0.15, 0.2) is 0 Å². The van der Waals surface area contributed by atoms with Crippen LogP contribution in [0.4, 0.5) is 17.1 Å². The summed E-state index contributed by atoms with van der Waals surface area (Å²) in [4.78, 5) is 2.32. The predicted molar refractivity (Wildman–Crippen MR) is 229 cm³/mol. The molecule has 2 nitrogen and oxygen atoms in total. The summed E-state index contributed by atoms with van der Waals surface area (Å²) in [6.45, 7) is 0. The standard InChI is InChI=1S/C52H33NO/c1-3-16-39(17-4-1)53(40-18-5-2-6-19-40)41-29-28-36-30-38(27-26-37(36)31-41)50-43-21-9-10-22-44(43)51(48-33-35-15-8-7-14-34(35)32-47(48)50)46-24-13-23-45-42-20-11-12-25-49(42)54-52(45)46/h1-33H. The molecule has 0 bridgehead atoms. The number of nitrogens with zero attached hydrogens (tertiary/aromatic N) is 1. The Balaban J connectivity index is 1.16. The van der Waals surface area contributed by atoms with E-state index in [1.807, 2.05) is 6.07 Å². The number of hydrogen-bond donors (Lipinski definition) is 0. The van der Waals surface area contributed by atoms with E-state index in [2.05, 4.69) is 199 Å². The van der Waals surface area contributed by atoms with Crippen LogP contribution < -0.4 is 4.90 Å². The Bertz CT molecular complexity index is 3170. The number of para-hydroxylation sites is 4. The minimum Gasteiger partial charge on any atom is -0.455 e. The molecule has 2 heteroatoms. The van der Waals surface area contributed by atoms with Gasteiger partial charge in [0.1, 0.15) is 11.2 Å². The summed E-state index contributed by atoms with van der Waals surface area (Å²) in [5, 5.41) is 12.0. The highest BCUT2D eigenvalue weighted by atomic mass is 16.3. The highest BCUT2D eigenvalue weighted by Crippen LogP contribution is 2.48. The maximum Gasteiger partial charge on any atom is 0.143 e. The lowest BCUT2D eigenvalue weighted by molar-refractivity contribution is 0.670. The summed E-state index contributed by atoms with van der Waals surface area (Å²) in [5.41, 5.74) is 9.96. The Morgan fingerprint density at radius 2 is 0.852 bits per heavy atom. The minimum atomic E-state index is 0.908. The Hall–Kier alpha value is -7.16. The van der Waals surface area contributed by atoms with Crippen LogP contribution in [0.5, 0.6) is 0 Å². The monoisotopic (exact) mass is 687 g/mol. The molecule has 0 saturated carbocycles. The fourth-order valence-electron chi connectivity index (χ4n) is 8.54. The van der Waals surface area contributed by atoms with Crippen molar-refractivity contribution >= 4 is 82.1 Å². The second kappa shape index (κ2) is 12.2. The van der Waals surface area contributed by atoms with Crippen molar-refractivity contribution in [2.45, 2.75) is 0 Å². The van der Waals surface area contributed by atoms with E-state index in [-0.39, 0.29) is 0 Å². The van der Waals surface area contributed by atoms with Crippen LogP contribution in [0, 0.1) is 0 Å². The molecule has 54 heavy (non-hydrogen) atoms. The van der Waals surface area contributed by atoms with Gasteiger partial charge in [-0.2, -0.15) is 0 Å². The van der Waals surface area contributed by atoms with E-state index in [1.165, 1.54) is 59.8 Å². The largest absolute Gasteiger partial charge is 0.455 e. The molecule has 0 fully saturated rings. The van der Waals surface area contributed by atoms with Gasteiger partial charge in [0.2, 0.25) is 0 Å². The summed E-state index contributed by atoms with van der Waals surface area (Å²) in [7, 11) is 0. The van der Waals surface area contributed by atoms with Crippen molar-refractivity contribution in [3.8, 4) is 22.3 Å². The van der Waals surface area contributed by atoms with Crippen molar-refractivity contribution in [2.24, 2.45) is 0 Å². The van der Waals surface area contributed by atoms with Crippen LogP contribution in [0.3, 0.4) is 0 Å². The van der Waals surface area contributed by atoms with E-state index < -0.39 is 0 Å². The van der Waals surface area contributed by atoms with Gasteiger partial charge in [-0.05, 0) is 115 Å². The van der Waals surface area contributed by atoms with Crippen molar-refractivity contribution in [1.29, 1.82) is 0 Å². The van der Waals surface area contributed by atoms with Gasteiger partial charge in [-0.3, -0.25) is 0 Å². The number of rotatable bonds is 5. The minimum absolute atomic E-state index is 0.908. The maximum absolute atomic E-state index is 6.67. The average molecular weight is 688 g/mol. The van der Waals surface area contributed by atoms with Gasteiger partial charge < -0.3 is 9.32 Å². The fourth-order valence-corrected chi connectivity index (χ4v) is 8.54. The SMILES string of the molecule is c1ccc(N(c2ccccc2)c2ccc3cc(-c4c5ccccc5c(-c5cccc6c5oc5ccccc56)c5cc6ccccc6cc45)ccc3c2)cc1. The lowest BCUT2D eigenvalue weighted by Gasteiger charge is -2.25. The number of fused-ring (bicyclic) bond motifs is 7. The van der Waals surface area contributed by atoms with Gasteiger partial charge in [-0.15, -0.1) is 0 Å². The number of hydrogen-bond acceptors (Lipinski definition) is 2. The van der Waals surface area contributed by atoms with Gasteiger partial charge in [-0.1, -0.05) is 140 Å². The zero-order valence-electron chi connectivity index (χ0n) is 29.4. The first kappa shape index (κ1) is 30.5. The van der Waals surface area contributed by atoms with Crippen LogP contribution in [-0.2, 0) is 0 Å². The maximum atomic E-state index is 6.67. The normalized spacial score (nSPS) is 11.7. The Labute approximate surface area is 312 Å². The number of furan rings is 1. The first-order valence-corrected chi connectivity index (χ1v) is 18.5. The summed E-state index contributed by atoms with van der Waals surface area (Å²) in [6.07, 6.45) is 0. The zero-order valence-corrected chi connectivity index (χ0v) is 29.4. The van der Waals surface area contributed by atoms with E-state index in [4.69, 9.17) is 4.42 Å². The second-order valence-corrected chi connectivity index (χ2v) is 14.1. The van der Waals surface area contributed by atoms with Crippen LogP contribution in [0.1, 0.15) is 0 Å². The van der Waals surface area contributed by atoms with Gasteiger partial charge in [0.25, 0.3) is 0 Å². The smallest absolute Gasteiger partial charge is 0.143 e. The lowest BCUT2D eigenvalue weighted by Crippen LogP contribution is -2.09. The van der Waals surface area contributed by atoms with E-state index in [0.29, 0.717) is 0 Å². The first-order chi connectivity index (χ1) is 26.8. The van der Waals surface area contributed by atoms with Gasteiger partial charge in [0.05, 0.1) is 0 Å². The van der Waals surface area contributed by atoms with E-state index >= 15 is 0 Å². The summed E-state index contributed by atoms with van der Waals surface area (Å²) >= 11 is 0. The Kier molecular flexibility index (Phi) is 6.90. The third-order valence-electron chi connectivity index (χ3n) is 11.0. The van der Waals surface area contributed by atoms with Crippen molar-refractivity contribution in [3.05, 3.63) is 200 Å². The molecule has 0 radical (unpaired) electrons. The average Bonchev–Trinajstić information content (AvgIpc) is 3.62. The molecule has 0 amide bonds. The van der Waals surface area contributed by atoms with Crippen LogP contribution in [0.25, 0.3) is 87.3 Å². The third-order valence-corrected chi connectivity index (χ3v) is 11.0. The van der Waals surface area contributed by atoms with E-state index in [1.54, 1.807) is 0 Å².